The Balaban J connectivity index is 2.37. The lowest BCUT2D eigenvalue weighted by Crippen LogP contribution is -2.14. The van der Waals surface area contributed by atoms with Crippen LogP contribution in [0.1, 0.15) is 6.92 Å². The van der Waals surface area contributed by atoms with Crippen LogP contribution in [-0.2, 0) is 16.6 Å². The van der Waals surface area contributed by atoms with Gasteiger partial charge >= 0.3 is 0 Å². The van der Waals surface area contributed by atoms with Crippen molar-refractivity contribution in [3.05, 3.63) is 28.0 Å². The summed E-state index contributed by atoms with van der Waals surface area (Å²) < 4.78 is 2.81. The van der Waals surface area contributed by atoms with Gasteiger partial charge in [-0.3, -0.25) is 9.59 Å². The molecule has 0 saturated carbocycles. The molecule has 7 heteroatoms. The van der Waals surface area contributed by atoms with Crippen molar-refractivity contribution in [3.63, 3.8) is 0 Å². The van der Waals surface area contributed by atoms with E-state index in [9.17, 15) is 9.59 Å². The second kappa shape index (κ2) is 5.90. The van der Waals surface area contributed by atoms with Crippen LogP contribution in [0.2, 0.25) is 5.02 Å². The molecule has 19 heavy (non-hydrogen) atoms. The Morgan fingerprint density at radius 3 is 2.89 bits per heavy atom. The molecule has 2 aromatic rings. The third-order valence-electron chi connectivity index (χ3n) is 2.39. The van der Waals surface area contributed by atoms with Crippen LogP contribution in [0.25, 0.3) is 10.2 Å². The number of carbonyl (C=O) groups is 2. The van der Waals surface area contributed by atoms with Crippen molar-refractivity contribution in [3.8, 4) is 0 Å². The zero-order valence-electron chi connectivity index (χ0n) is 10.3. The fourth-order valence-electron chi connectivity index (χ4n) is 1.52. The van der Waals surface area contributed by atoms with E-state index in [1.54, 1.807) is 6.07 Å². The van der Waals surface area contributed by atoms with Crippen LogP contribution in [0.5, 0.6) is 0 Å². The smallest absolute Gasteiger partial charge is 0.258 e. The van der Waals surface area contributed by atoms with Gasteiger partial charge in [-0.1, -0.05) is 34.7 Å². The number of thioether (sulfide) groups is 1. The minimum absolute atomic E-state index is 0.0737. The summed E-state index contributed by atoms with van der Waals surface area (Å²) in [5.74, 6) is -0.238. The van der Waals surface area contributed by atoms with Gasteiger partial charge in [-0.05, 0) is 18.2 Å². The maximum atomic E-state index is 11.6. The first kappa shape index (κ1) is 14.3. The molecule has 0 fully saturated rings. The molecule has 100 valence electrons. The van der Waals surface area contributed by atoms with Crippen LogP contribution in [0, 0.1) is 0 Å². The van der Waals surface area contributed by atoms with Crippen LogP contribution in [-0.4, -0.2) is 21.3 Å². The van der Waals surface area contributed by atoms with Crippen molar-refractivity contribution in [1.82, 2.24) is 4.57 Å². The van der Waals surface area contributed by atoms with Crippen LogP contribution in [0.15, 0.2) is 23.2 Å². The van der Waals surface area contributed by atoms with Gasteiger partial charge in [0, 0.05) is 19.0 Å². The van der Waals surface area contributed by atoms with E-state index in [-0.39, 0.29) is 16.8 Å². The zero-order chi connectivity index (χ0) is 14.0. The van der Waals surface area contributed by atoms with Crippen molar-refractivity contribution >= 4 is 55.9 Å². The van der Waals surface area contributed by atoms with E-state index in [1.165, 1.54) is 18.3 Å². The van der Waals surface area contributed by atoms with Crippen LogP contribution < -0.4 is 4.80 Å². The molecule has 1 aromatic heterocycles. The van der Waals surface area contributed by atoms with Gasteiger partial charge in [-0.15, -0.1) is 0 Å². The highest BCUT2D eigenvalue weighted by molar-refractivity contribution is 8.14. The summed E-state index contributed by atoms with van der Waals surface area (Å²) in [7, 11) is 1.84. The third-order valence-corrected chi connectivity index (χ3v) is 4.52. The van der Waals surface area contributed by atoms with Gasteiger partial charge in [0.05, 0.1) is 16.0 Å². The Bertz CT molecular complexity index is 718. The maximum Gasteiger partial charge on any atom is 0.258 e. The van der Waals surface area contributed by atoms with E-state index in [0.29, 0.717) is 9.82 Å². The molecule has 1 heterocycles. The van der Waals surface area contributed by atoms with Gasteiger partial charge in [0.15, 0.2) is 9.92 Å². The fraction of sp³-hybridized carbons (Fsp3) is 0.250. The van der Waals surface area contributed by atoms with Crippen molar-refractivity contribution in [2.45, 2.75) is 6.92 Å². The zero-order valence-corrected chi connectivity index (χ0v) is 12.7. The standard InChI is InChI=1S/C12H11ClN2O2S2/c1-7(16)18-6-11(17)14-12-15(2)9-4-3-8(13)5-10(9)19-12/h3-5H,6H2,1-2H3. The number of halogens is 1. The second-order valence-electron chi connectivity index (χ2n) is 3.84. The summed E-state index contributed by atoms with van der Waals surface area (Å²) in [5.41, 5.74) is 0.972. The number of fused-ring (bicyclic) bond motifs is 1. The van der Waals surface area contributed by atoms with Crippen molar-refractivity contribution in [2.75, 3.05) is 5.75 Å². The Hall–Kier alpha value is -1.11. The van der Waals surface area contributed by atoms with Crippen molar-refractivity contribution in [1.29, 1.82) is 0 Å². The molecule has 1 amide bonds. The summed E-state index contributed by atoms with van der Waals surface area (Å²) in [6, 6.07) is 5.53. The molecule has 0 unspecified atom stereocenters. The van der Waals surface area contributed by atoms with E-state index in [0.717, 1.165) is 22.0 Å². The number of carbonyl (C=O) groups excluding carboxylic acids is 2. The van der Waals surface area contributed by atoms with E-state index in [1.807, 2.05) is 23.7 Å². The number of amides is 1. The lowest BCUT2D eigenvalue weighted by Gasteiger charge is -1.95. The minimum Gasteiger partial charge on any atom is -0.319 e. The topological polar surface area (TPSA) is 51.4 Å². The fourth-order valence-corrected chi connectivity index (χ4v) is 3.22. The molecule has 4 nitrogen and oxygen atoms in total. The molecule has 0 saturated heterocycles. The quantitative estimate of drug-likeness (QED) is 0.856. The summed E-state index contributed by atoms with van der Waals surface area (Å²) in [5, 5.41) is 0.565. The first-order valence-corrected chi connectivity index (χ1v) is 7.61. The molecule has 0 radical (unpaired) electrons. The van der Waals surface area contributed by atoms with Gasteiger partial charge in [0.1, 0.15) is 0 Å². The Kier molecular flexibility index (Phi) is 4.44. The molecule has 0 aliphatic heterocycles. The Morgan fingerprint density at radius 1 is 1.47 bits per heavy atom. The highest BCUT2D eigenvalue weighted by Gasteiger charge is 2.06. The number of aryl methyl sites for hydroxylation is 1. The van der Waals surface area contributed by atoms with Crippen molar-refractivity contribution in [2.24, 2.45) is 12.0 Å². The average molecular weight is 315 g/mol. The number of nitrogens with zero attached hydrogens (tertiary/aromatic N) is 2. The first-order chi connectivity index (χ1) is 8.97. The molecule has 1 aromatic carbocycles. The normalized spacial score (nSPS) is 12.1. The first-order valence-electron chi connectivity index (χ1n) is 5.43. The summed E-state index contributed by atoms with van der Waals surface area (Å²) in [4.78, 5) is 27.1. The molecule has 0 N–H and O–H groups in total. The van der Waals surface area contributed by atoms with E-state index in [2.05, 4.69) is 4.99 Å². The molecule has 2 rings (SSSR count). The number of thiazole rings is 1. The molecular formula is C12H11ClN2O2S2. The largest absolute Gasteiger partial charge is 0.319 e. The second-order valence-corrected chi connectivity index (χ2v) is 6.44. The highest BCUT2D eigenvalue weighted by atomic mass is 35.5. The number of aromatic nitrogens is 1. The van der Waals surface area contributed by atoms with Gasteiger partial charge in [0.25, 0.3) is 5.91 Å². The summed E-state index contributed by atoms with van der Waals surface area (Å²) in [6.45, 7) is 1.43. The molecular weight excluding hydrogens is 304 g/mol. The molecule has 0 aliphatic rings. The average Bonchev–Trinajstić information content (AvgIpc) is 2.63. The van der Waals surface area contributed by atoms with Crippen LogP contribution in [0.3, 0.4) is 0 Å². The van der Waals surface area contributed by atoms with Gasteiger partial charge in [-0.2, -0.15) is 4.99 Å². The van der Waals surface area contributed by atoms with E-state index >= 15 is 0 Å². The van der Waals surface area contributed by atoms with Gasteiger partial charge in [0.2, 0.25) is 0 Å². The van der Waals surface area contributed by atoms with Gasteiger partial charge in [-0.25, -0.2) is 0 Å². The van der Waals surface area contributed by atoms with Gasteiger partial charge < -0.3 is 4.57 Å². The summed E-state index contributed by atoms with van der Waals surface area (Å²) >= 11 is 8.29. The molecule has 0 atom stereocenters. The number of rotatable bonds is 2. The number of benzene rings is 1. The van der Waals surface area contributed by atoms with Crippen LogP contribution >= 0.6 is 34.7 Å². The lowest BCUT2D eigenvalue weighted by molar-refractivity contribution is -0.116. The SMILES string of the molecule is CC(=O)SCC(=O)N=c1sc2cc(Cl)ccc2n1C. The predicted octanol–water partition coefficient (Wildman–Crippen LogP) is 2.60. The van der Waals surface area contributed by atoms with E-state index < -0.39 is 0 Å². The highest BCUT2D eigenvalue weighted by Crippen LogP contribution is 2.21. The number of hydrogen-bond acceptors (Lipinski definition) is 4. The Morgan fingerprint density at radius 2 is 2.21 bits per heavy atom. The Labute approximate surface area is 123 Å². The molecule has 0 spiro atoms. The van der Waals surface area contributed by atoms with Crippen LogP contribution in [0.4, 0.5) is 0 Å². The lowest BCUT2D eigenvalue weighted by atomic mass is 10.3. The summed E-state index contributed by atoms with van der Waals surface area (Å²) in [6.07, 6.45) is 0. The minimum atomic E-state index is -0.312. The maximum absolute atomic E-state index is 11.6. The molecule has 0 bridgehead atoms. The van der Waals surface area contributed by atoms with Crippen molar-refractivity contribution < 1.29 is 9.59 Å². The molecule has 0 aliphatic carbocycles. The number of hydrogen-bond donors (Lipinski definition) is 0. The van der Waals surface area contributed by atoms with E-state index in [4.69, 9.17) is 11.6 Å². The monoisotopic (exact) mass is 314 g/mol. The predicted molar refractivity (Wildman–Crippen MR) is 79.5 cm³/mol. The third kappa shape index (κ3) is 3.46.